The zero-order chi connectivity index (χ0) is 69.2. The second-order valence-corrected chi connectivity index (χ2v) is 28.9. The van der Waals surface area contributed by atoms with Crippen molar-refractivity contribution in [2.45, 2.75) is 235 Å². The van der Waals surface area contributed by atoms with Crippen molar-refractivity contribution >= 4 is 37.2 Å². The number of nitrogens with zero attached hydrogens (tertiary/aromatic N) is 4. The normalized spacial score (nSPS) is 27.0. The highest BCUT2D eigenvalue weighted by Crippen LogP contribution is 2.36. The predicted octanol–water partition coefficient (Wildman–Crippen LogP) is 13.1. The number of aryl methyl sites for hydroxylation is 1. The van der Waals surface area contributed by atoms with Gasteiger partial charge in [-0.25, -0.2) is 0 Å². The summed E-state index contributed by atoms with van der Waals surface area (Å²) in [4.78, 5) is 9.98. The van der Waals surface area contributed by atoms with Crippen LogP contribution in [0.15, 0.2) is 72.8 Å². The van der Waals surface area contributed by atoms with Gasteiger partial charge in [0.15, 0.2) is 34.5 Å². The summed E-state index contributed by atoms with van der Waals surface area (Å²) in [5.74, 6) is 5.57. The molecule has 0 radical (unpaired) electrons. The molecule has 4 N–H and O–H groups in total. The topological polar surface area (TPSA) is 186 Å². The maximum atomic E-state index is 9.83. The summed E-state index contributed by atoms with van der Waals surface area (Å²) in [5, 5.41) is 39.1. The summed E-state index contributed by atoms with van der Waals surface area (Å²) in [6.07, 6.45) is 28.0. The molecule has 21 heteroatoms. The highest BCUT2D eigenvalue weighted by Gasteiger charge is 2.38. The molecule has 8 fully saturated rings. The molecular formula is C80H127Cl3N4O14. The molecule has 0 amide bonds. The number of aromatic hydroxyl groups is 1. The zero-order valence-electron chi connectivity index (χ0n) is 62.2. The second kappa shape index (κ2) is 45.4. The van der Waals surface area contributed by atoms with E-state index in [-0.39, 0.29) is 67.4 Å². The van der Waals surface area contributed by atoms with Crippen molar-refractivity contribution in [1.29, 1.82) is 0 Å². The highest BCUT2D eigenvalue weighted by molar-refractivity contribution is 5.86. The first-order chi connectivity index (χ1) is 47.8. The van der Waals surface area contributed by atoms with Crippen molar-refractivity contribution in [3.8, 4) is 40.2 Å². The largest absolute Gasteiger partial charge is 0.504 e. The Kier molecular flexibility index (Phi) is 38.6. The Labute approximate surface area is 624 Å². The molecule has 0 bridgehead atoms. The number of methoxy groups -OCH3 is 6. The van der Waals surface area contributed by atoms with Crippen LogP contribution in [0.2, 0.25) is 0 Å². The number of ether oxygens (including phenoxy) is 10. The molecule has 4 saturated carbocycles. The first-order valence-corrected chi connectivity index (χ1v) is 37.6. The minimum atomic E-state index is -0.169. The van der Waals surface area contributed by atoms with Crippen LogP contribution in [0.1, 0.15) is 163 Å². The summed E-state index contributed by atoms with van der Waals surface area (Å²) < 4.78 is 57.1. The van der Waals surface area contributed by atoms with Crippen molar-refractivity contribution in [2.24, 2.45) is 5.92 Å². The molecule has 4 aromatic rings. The van der Waals surface area contributed by atoms with Crippen molar-refractivity contribution < 1.29 is 67.8 Å². The molecule has 12 rings (SSSR count). The van der Waals surface area contributed by atoms with Gasteiger partial charge in [0.25, 0.3) is 0 Å². The number of aliphatic hydroxyl groups is 3. The number of hydrogen-bond acceptors (Lipinski definition) is 18. The fourth-order valence-electron chi connectivity index (χ4n) is 16.5. The van der Waals surface area contributed by atoms with Gasteiger partial charge in [-0.15, -0.1) is 37.2 Å². The van der Waals surface area contributed by atoms with E-state index in [1.165, 1.54) is 125 Å². The monoisotopic (exact) mass is 1470 g/mol. The molecule has 572 valence electrons. The van der Waals surface area contributed by atoms with Crippen LogP contribution in [-0.4, -0.2) is 228 Å². The van der Waals surface area contributed by atoms with E-state index in [2.05, 4.69) is 69.8 Å². The molecule has 12 atom stereocenters. The quantitative estimate of drug-likeness (QED) is 0.0465. The number of halogens is 3. The van der Waals surface area contributed by atoms with E-state index in [0.717, 1.165) is 157 Å². The lowest BCUT2D eigenvalue weighted by molar-refractivity contribution is -0.0317. The Morgan fingerprint density at radius 1 is 0.337 bits per heavy atom. The van der Waals surface area contributed by atoms with Crippen LogP contribution in [0.3, 0.4) is 0 Å². The van der Waals surface area contributed by atoms with E-state index in [9.17, 15) is 20.4 Å². The zero-order valence-corrected chi connectivity index (χ0v) is 64.6. The molecule has 4 heterocycles. The average molecular weight is 1480 g/mol. The Morgan fingerprint density at radius 2 is 0.624 bits per heavy atom. The maximum Gasteiger partial charge on any atom is 0.160 e. The van der Waals surface area contributed by atoms with E-state index in [4.69, 9.17) is 47.4 Å². The van der Waals surface area contributed by atoms with Crippen LogP contribution < -0.4 is 28.4 Å². The van der Waals surface area contributed by atoms with Crippen LogP contribution in [0.25, 0.3) is 0 Å². The van der Waals surface area contributed by atoms with Gasteiger partial charge < -0.3 is 67.8 Å². The smallest absolute Gasteiger partial charge is 0.160 e. The number of benzene rings is 4. The molecule has 8 aliphatic rings. The van der Waals surface area contributed by atoms with Gasteiger partial charge in [-0.3, -0.25) is 19.6 Å². The van der Waals surface area contributed by atoms with Crippen LogP contribution in [0.4, 0.5) is 0 Å². The SMILES string of the molecule is COc1cc(CCO[C@@H]2CCCC[C@H]2N2CC[C@@H](O)C2)ccc1C.COc1cc(CCO[C@@H]2CCCC[C@H]2N2CC[C@@H](O)C2)ccc1O.COc1ccc(CCO[C@@H]2CCCC[C@H]2N2CC[C@@H](C)C2)cc1OC.COc1ccc(CCO[C@@H]2CCCC[C@H]2N2CC[C@@H](O)C2)cc1OC.Cl.Cl.Cl. The molecule has 4 aliphatic heterocycles. The number of phenolic OH excluding ortho intramolecular Hbond substituents is 1. The maximum absolute atomic E-state index is 9.83. The van der Waals surface area contributed by atoms with Crippen LogP contribution in [0.5, 0.6) is 40.2 Å². The standard InChI is InChI=1S/C21H33NO3.C20H31NO4.C20H31NO3.C19H29NO4.3ClH/c1-16-10-12-22(15-16)18-6-4-5-7-19(18)25-13-11-17-8-9-20(23-2)21(14-17)24-3;1-23-19-8-7-15(13-20(19)24-2)10-12-25-18-6-4-3-5-17(18)21-11-9-16(22)14-21;1-15-7-8-16(13-20(15)23-2)10-12-24-19-6-4-3-5-18(19)21-11-9-17(22)14-21;1-23-19-12-14(6-7-17(19)22)9-11-24-18-5-3-2-4-16(18)20-10-8-15(21)13-20;;;/h8-9,14,16,18-19H,4-7,10-13,15H2,1-3H3;7-8,13,16-18,22H,3-6,9-12,14H2,1-2H3;7-8,13,17-19,22H,3-6,9-12,14H2,1-2H3;6-7,12,15-16,18,21-22H,2-5,8-11,13H2,1H3;3*1H/t16-,18-,19-;16-,17-,18-;17-,18-,19-;15-,16-,18-;;;/m1111.../s1. The number of β-amino-alcohol motifs (C(OH)–C–C–N with tert-alkyl or cyclic N) is 3. The van der Waals surface area contributed by atoms with Crippen LogP contribution in [-0.2, 0) is 44.6 Å². The molecule has 18 nitrogen and oxygen atoms in total. The lowest BCUT2D eigenvalue weighted by Crippen LogP contribution is -2.46. The van der Waals surface area contributed by atoms with Gasteiger partial charge in [0, 0.05) is 70.0 Å². The van der Waals surface area contributed by atoms with Gasteiger partial charge in [-0.1, -0.05) is 88.6 Å². The Balaban J connectivity index is 0.000000210. The molecule has 4 aliphatic carbocycles. The molecule has 0 aromatic heterocycles. The van der Waals surface area contributed by atoms with E-state index in [1.807, 2.05) is 30.3 Å². The van der Waals surface area contributed by atoms with Gasteiger partial charge in [0.1, 0.15) is 5.75 Å². The molecular weight excluding hydrogens is 1350 g/mol. The van der Waals surface area contributed by atoms with Crippen molar-refractivity contribution in [3.05, 3.63) is 101 Å². The van der Waals surface area contributed by atoms with Gasteiger partial charge in [-0.05, 0) is 192 Å². The molecule has 0 unspecified atom stereocenters. The lowest BCUT2D eigenvalue weighted by atomic mass is 9.91. The fourth-order valence-corrected chi connectivity index (χ4v) is 16.5. The van der Waals surface area contributed by atoms with Crippen molar-refractivity contribution in [2.75, 3.05) is 121 Å². The van der Waals surface area contributed by atoms with E-state index >= 15 is 0 Å². The molecule has 101 heavy (non-hydrogen) atoms. The molecule has 4 saturated heterocycles. The number of aliphatic hydroxyl groups excluding tert-OH is 3. The minimum Gasteiger partial charge on any atom is -0.504 e. The van der Waals surface area contributed by atoms with Gasteiger partial charge >= 0.3 is 0 Å². The Bertz CT molecular complexity index is 2770. The van der Waals surface area contributed by atoms with Crippen LogP contribution in [0, 0.1) is 12.8 Å². The summed E-state index contributed by atoms with van der Waals surface area (Å²) in [6.45, 7) is 15.3. The van der Waals surface area contributed by atoms with E-state index in [0.29, 0.717) is 61.4 Å². The van der Waals surface area contributed by atoms with Crippen LogP contribution >= 0.6 is 37.2 Å². The average Bonchev–Trinajstić information content (AvgIpc) is 1.78. The Hall–Kier alpha value is -4.09. The first-order valence-electron chi connectivity index (χ1n) is 37.6. The number of likely N-dealkylation sites (tertiary alicyclic amines) is 4. The van der Waals surface area contributed by atoms with Crippen molar-refractivity contribution in [1.82, 2.24) is 19.6 Å². The number of phenols is 1. The third-order valence-corrected chi connectivity index (χ3v) is 22.1. The molecule has 4 aromatic carbocycles. The first kappa shape index (κ1) is 85.8. The number of rotatable bonds is 26. The summed E-state index contributed by atoms with van der Waals surface area (Å²) in [5.41, 5.74) is 5.97. The fraction of sp³-hybridized carbons (Fsp3) is 0.700. The summed E-state index contributed by atoms with van der Waals surface area (Å²) in [6, 6.07) is 26.1. The predicted molar refractivity (Wildman–Crippen MR) is 408 cm³/mol. The lowest BCUT2D eigenvalue weighted by Gasteiger charge is -2.38. The van der Waals surface area contributed by atoms with Crippen molar-refractivity contribution in [3.63, 3.8) is 0 Å². The van der Waals surface area contributed by atoms with E-state index in [1.54, 1.807) is 48.7 Å². The van der Waals surface area contributed by atoms with Gasteiger partial charge in [0.2, 0.25) is 0 Å². The van der Waals surface area contributed by atoms with Gasteiger partial charge in [0.05, 0.1) is 112 Å². The van der Waals surface area contributed by atoms with Gasteiger partial charge in [-0.2, -0.15) is 0 Å². The third kappa shape index (κ3) is 26.1. The number of hydrogen-bond donors (Lipinski definition) is 4. The third-order valence-electron chi connectivity index (χ3n) is 22.1. The second-order valence-electron chi connectivity index (χ2n) is 28.9. The van der Waals surface area contributed by atoms with E-state index < -0.39 is 0 Å². The summed E-state index contributed by atoms with van der Waals surface area (Å²) >= 11 is 0. The summed E-state index contributed by atoms with van der Waals surface area (Å²) in [7, 11) is 9.95. The highest BCUT2D eigenvalue weighted by atomic mass is 35.5. The minimum absolute atomic E-state index is 0. The molecule has 0 spiro atoms. The Morgan fingerprint density at radius 3 is 0.931 bits per heavy atom.